The van der Waals surface area contributed by atoms with Crippen LogP contribution in [-0.4, -0.2) is 25.4 Å². The number of hydrogen-bond donors (Lipinski definition) is 2. The number of thiazole rings is 1. The number of aryl methyl sites for hydroxylation is 2. The van der Waals surface area contributed by atoms with Crippen molar-refractivity contribution in [1.29, 1.82) is 0 Å². The van der Waals surface area contributed by atoms with Crippen molar-refractivity contribution in [3.8, 4) is 0 Å². The molecule has 0 spiro atoms. The highest BCUT2D eigenvalue weighted by Crippen LogP contribution is 2.33. The van der Waals surface area contributed by atoms with Crippen LogP contribution in [0.3, 0.4) is 0 Å². The van der Waals surface area contributed by atoms with Crippen LogP contribution in [0.4, 0.5) is 0 Å². The van der Waals surface area contributed by atoms with Gasteiger partial charge < -0.3 is 5.32 Å². The van der Waals surface area contributed by atoms with Crippen molar-refractivity contribution in [2.45, 2.75) is 68.8 Å². The molecule has 2 aliphatic carbocycles. The highest BCUT2D eigenvalue weighted by Gasteiger charge is 2.28. The molecule has 1 atom stereocenters. The minimum absolute atomic E-state index is 0.0373. The Kier molecular flexibility index (Phi) is 5.53. The summed E-state index contributed by atoms with van der Waals surface area (Å²) >= 11 is 1.53. The third-order valence-corrected chi connectivity index (χ3v) is 7.87. The lowest BCUT2D eigenvalue weighted by Gasteiger charge is -2.16. The molecule has 1 saturated carbocycles. The zero-order valence-corrected chi connectivity index (χ0v) is 17.5. The summed E-state index contributed by atoms with van der Waals surface area (Å²) in [5, 5.41) is 5.90. The van der Waals surface area contributed by atoms with E-state index in [1.807, 2.05) is 18.4 Å². The third-order valence-electron chi connectivity index (χ3n) is 5.53. The van der Waals surface area contributed by atoms with Crippen LogP contribution in [0.15, 0.2) is 28.5 Å². The topological polar surface area (TPSA) is 88.2 Å². The van der Waals surface area contributed by atoms with Crippen molar-refractivity contribution in [2.24, 2.45) is 0 Å². The van der Waals surface area contributed by atoms with Gasteiger partial charge in [0.15, 0.2) is 0 Å². The second-order valence-electron chi connectivity index (χ2n) is 7.66. The quantitative estimate of drug-likeness (QED) is 0.753. The Morgan fingerprint density at radius 3 is 2.75 bits per heavy atom. The van der Waals surface area contributed by atoms with Gasteiger partial charge in [0.25, 0.3) is 0 Å². The molecule has 1 amide bonds. The molecule has 150 valence electrons. The van der Waals surface area contributed by atoms with E-state index in [0.717, 1.165) is 60.4 Å². The van der Waals surface area contributed by atoms with Gasteiger partial charge in [-0.15, -0.1) is 11.3 Å². The van der Waals surface area contributed by atoms with E-state index in [2.05, 4.69) is 15.0 Å². The molecule has 28 heavy (non-hydrogen) atoms. The molecule has 0 bridgehead atoms. The number of nitrogens with one attached hydrogen (secondary N) is 2. The minimum atomic E-state index is -3.53. The molecule has 2 aliphatic rings. The van der Waals surface area contributed by atoms with Crippen molar-refractivity contribution < 1.29 is 13.2 Å². The summed E-state index contributed by atoms with van der Waals surface area (Å²) in [6.45, 7) is 1.92. The first-order valence-electron chi connectivity index (χ1n) is 9.76. The molecule has 4 rings (SSSR count). The second-order valence-corrected chi connectivity index (χ2v) is 10.4. The Hall–Kier alpha value is -1.77. The van der Waals surface area contributed by atoms with E-state index >= 15 is 0 Å². The molecular weight excluding hydrogens is 394 g/mol. The van der Waals surface area contributed by atoms with Crippen LogP contribution in [0.2, 0.25) is 0 Å². The first-order chi connectivity index (χ1) is 13.4. The first-order valence-corrected chi connectivity index (χ1v) is 12.1. The average molecular weight is 420 g/mol. The fraction of sp³-hybridized carbons (Fsp3) is 0.500. The Bertz CT molecular complexity index is 978. The van der Waals surface area contributed by atoms with E-state index in [-0.39, 0.29) is 29.3 Å². The predicted octanol–water partition coefficient (Wildman–Crippen LogP) is 3.02. The molecule has 0 saturated heterocycles. The monoisotopic (exact) mass is 419 g/mol. The molecule has 6 nitrogen and oxygen atoms in total. The average Bonchev–Trinajstić information content (AvgIpc) is 3.37. The van der Waals surface area contributed by atoms with Crippen LogP contribution in [0.5, 0.6) is 0 Å². The zero-order chi connectivity index (χ0) is 19.7. The largest absolute Gasteiger partial charge is 0.349 e. The van der Waals surface area contributed by atoms with Gasteiger partial charge in [-0.2, -0.15) is 0 Å². The smallest absolute Gasteiger partial charge is 0.240 e. The fourth-order valence-corrected chi connectivity index (χ4v) is 6.08. The van der Waals surface area contributed by atoms with Gasteiger partial charge in [0.1, 0.15) is 0 Å². The Labute approximate surface area is 169 Å². The van der Waals surface area contributed by atoms with Crippen LogP contribution < -0.4 is 10.0 Å². The van der Waals surface area contributed by atoms with Crippen LogP contribution in [-0.2, 0) is 27.7 Å². The highest BCUT2D eigenvalue weighted by atomic mass is 32.2. The summed E-state index contributed by atoms with van der Waals surface area (Å²) in [5.41, 5.74) is 2.79. The molecule has 0 radical (unpaired) electrons. The molecule has 1 aromatic heterocycles. The van der Waals surface area contributed by atoms with E-state index in [1.54, 1.807) is 12.1 Å². The second kappa shape index (κ2) is 7.93. The Morgan fingerprint density at radius 2 is 2.04 bits per heavy atom. The minimum Gasteiger partial charge on any atom is -0.349 e. The number of amides is 1. The van der Waals surface area contributed by atoms with Crippen molar-refractivity contribution >= 4 is 27.3 Å². The number of carbonyl (C=O) groups excluding carboxylic acids is 1. The molecule has 2 N–H and O–H groups in total. The maximum atomic E-state index is 12.8. The lowest BCUT2D eigenvalue weighted by atomic mass is 10.1. The van der Waals surface area contributed by atoms with E-state index in [4.69, 9.17) is 0 Å². The van der Waals surface area contributed by atoms with Gasteiger partial charge in [-0.3, -0.25) is 4.79 Å². The predicted molar refractivity (Wildman–Crippen MR) is 109 cm³/mol. The lowest BCUT2D eigenvalue weighted by molar-refractivity contribution is -0.121. The number of sulfonamides is 1. The van der Waals surface area contributed by atoms with Crippen LogP contribution in [0, 0.1) is 6.92 Å². The summed E-state index contributed by atoms with van der Waals surface area (Å²) in [7, 11) is -3.53. The first kappa shape index (κ1) is 19.5. The molecule has 0 unspecified atom stereocenters. The number of nitrogens with zero attached hydrogens (tertiary/aromatic N) is 1. The van der Waals surface area contributed by atoms with Gasteiger partial charge >= 0.3 is 0 Å². The van der Waals surface area contributed by atoms with Gasteiger partial charge in [0, 0.05) is 11.4 Å². The fourth-order valence-electron chi connectivity index (χ4n) is 4.13. The van der Waals surface area contributed by atoms with Crippen molar-refractivity contribution in [2.75, 3.05) is 0 Å². The standard InChI is InChI=1S/C20H25N3O3S2/c1-13-21-16(12-27-13)10-20(24)22-19-9-7-14-6-8-17(11-18(14)19)28(25,26)23-15-4-2-3-5-15/h6,8,11-12,15,19,23H,2-5,7,9-10H2,1H3,(H,22,24)/t19-/m0/s1. The number of hydrogen-bond acceptors (Lipinski definition) is 5. The number of rotatable bonds is 6. The Balaban J connectivity index is 1.47. The lowest BCUT2D eigenvalue weighted by Crippen LogP contribution is -2.33. The zero-order valence-electron chi connectivity index (χ0n) is 15.9. The van der Waals surface area contributed by atoms with Gasteiger partial charge in [0.2, 0.25) is 15.9 Å². The van der Waals surface area contributed by atoms with E-state index < -0.39 is 10.0 Å². The van der Waals surface area contributed by atoms with Crippen LogP contribution >= 0.6 is 11.3 Å². The van der Waals surface area contributed by atoms with Crippen LogP contribution in [0.1, 0.15) is 60.0 Å². The van der Waals surface area contributed by atoms with Crippen molar-refractivity contribution in [3.05, 3.63) is 45.4 Å². The molecule has 1 fully saturated rings. The van der Waals surface area contributed by atoms with Gasteiger partial charge in [-0.1, -0.05) is 18.9 Å². The SMILES string of the molecule is Cc1nc(CC(=O)N[C@H]2CCc3ccc(S(=O)(=O)NC4CCCC4)cc32)cs1. The highest BCUT2D eigenvalue weighted by molar-refractivity contribution is 7.89. The normalized spacial score (nSPS) is 19.7. The number of carbonyl (C=O) groups is 1. The summed E-state index contributed by atoms with van der Waals surface area (Å²) in [6.07, 6.45) is 5.83. The summed E-state index contributed by atoms with van der Waals surface area (Å²) in [6, 6.07) is 5.18. The molecule has 1 aromatic carbocycles. The van der Waals surface area contributed by atoms with Crippen molar-refractivity contribution in [1.82, 2.24) is 15.0 Å². The maximum absolute atomic E-state index is 12.8. The van der Waals surface area contributed by atoms with E-state index in [1.165, 1.54) is 11.3 Å². The summed E-state index contributed by atoms with van der Waals surface area (Å²) in [4.78, 5) is 17.0. The Morgan fingerprint density at radius 1 is 1.25 bits per heavy atom. The van der Waals surface area contributed by atoms with Crippen LogP contribution in [0.25, 0.3) is 0 Å². The number of aromatic nitrogens is 1. The molecular formula is C20H25N3O3S2. The van der Waals surface area contributed by atoms with Gasteiger partial charge in [-0.25, -0.2) is 18.1 Å². The number of fused-ring (bicyclic) bond motifs is 1. The summed E-state index contributed by atoms with van der Waals surface area (Å²) < 4.78 is 28.3. The third kappa shape index (κ3) is 4.29. The molecule has 2 aromatic rings. The molecule has 8 heteroatoms. The van der Waals surface area contributed by atoms with Crippen molar-refractivity contribution in [3.63, 3.8) is 0 Å². The molecule has 0 aliphatic heterocycles. The number of benzene rings is 1. The van der Waals surface area contributed by atoms with E-state index in [0.29, 0.717) is 0 Å². The van der Waals surface area contributed by atoms with Gasteiger partial charge in [-0.05, 0) is 55.9 Å². The van der Waals surface area contributed by atoms with E-state index in [9.17, 15) is 13.2 Å². The molecule has 1 heterocycles. The summed E-state index contributed by atoms with van der Waals surface area (Å²) in [5.74, 6) is -0.0829. The van der Waals surface area contributed by atoms with Gasteiger partial charge in [0.05, 0.1) is 28.1 Å². The maximum Gasteiger partial charge on any atom is 0.240 e.